The van der Waals surface area contributed by atoms with Crippen LogP contribution in [-0.4, -0.2) is 14.4 Å². The Labute approximate surface area is 144 Å². The topological polar surface area (TPSA) is 9.23 Å². The summed E-state index contributed by atoms with van der Waals surface area (Å²) in [5, 5.41) is 0. The maximum atomic E-state index is 6.85. The third-order valence-corrected chi connectivity index (χ3v) is 8.57. The minimum absolute atomic E-state index is 0.537. The van der Waals surface area contributed by atoms with E-state index >= 15 is 0 Å². The summed E-state index contributed by atoms with van der Waals surface area (Å²) < 4.78 is 6.85. The molecule has 0 aromatic rings. The Bertz CT molecular complexity index is 491. The van der Waals surface area contributed by atoms with Crippen LogP contribution in [0.3, 0.4) is 0 Å². The molecule has 0 spiro atoms. The molecule has 1 unspecified atom stereocenters. The Hall–Kier alpha value is -0.0831. The first-order valence-electron chi connectivity index (χ1n) is 10.3. The van der Waals surface area contributed by atoms with Crippen molar-refractivity contribution in [1.82, 2.24) is 0 Å². The van der Waals surface area contributed by atoms with E-state index in [1.165, 1.54) is 57.8 Å². The summed E-state index contributed by atoms with van der Waals surface area (Å²) in [7, 11) is -1.47. The van der Waals surface area contributed by atoms with Gasteiger partial charge in [0.2, 0.25) is 0 Å². The van der Waals surface area contributed by atoms with Crippen LogP contribution in [-0.2, 0) is 4.43 Å². The molecule has 0 N–H and O–H groups in total. The molecule has 0 heterocycles. The molecule has 4 aliphatic rings. The predicted molar refractivity (Wildman–Crippen MR) is 99.9 cm³/mol. The largest absolute Gasteiger partial charge is 0.414 e. The molecule has 0 radical (unpaired) electrons. The maximum absolute atomic E-state index is 6.85. The fraction of sp³-hybridized carbons (Fsp3) is 0.905. The molecular formula is C21H36OSi. The van der Waals surface area contributed by atoms with Crippen molar-refractivity contribution in [3.05, 3.63) is 11.6 Å². The van der Waals surface area contributed by atoms with Gasteiger partial charge in [0.25, 0.3) is 0 Å². The van der Waals surface area contributed by atoms with E-state index < -0.39 is 8.32 Å². The lowest BCUT2D eigenvalue weighted by Crippen LogP contribution is -2.50. The van der Waals surface area contributed by atoms with E-state index in [1.54, 1.807) is 0 Å². The lowest BCUT2D eigenvalue weighted by atomic mass is 9.54. The molecule has 2 heteroatoms. The van der Waals surface area contributed by atoms with Gasteiger partial charge in [-0.1, -0.05) is 37.8 Å². The minimum atomic E-state index is -1.47. The van der Waals surface area contributed by atoms with Crippen LogP contribution >= 0.6 is 0 Å². The zero-order valence-electron chi connectivity index (χ0n) is 15.7. The molecule has 0 amide bonds. The number of rotatable bonds is 2. The van der Waals surface area contributed by atoms with Gasteiger partial charge in [0.1, 0.15) is 0 Å². The number of hydrogen-bond donors (Lipinski definition) is 0. The van der Waals surface area contributed by atoms with Crippen molar-refractivity contribution < 1.29 is 4.43 Å². The molecule has 130 valence electrons. The van der Waals surface area contributed by atoms with Crippen molar-refractivity contribution in [1.29, 1.82) is 0 Å². The summed E-state index contributed by atoms with van der Waals surface area (Å²) in [6, 6.07) is 0. The fourth-order valence-corrected chi connectivity index (χ4v) is 7.82. The van der Waals surface area contributed by atoms with Crippen molar-refractivity contribution in [2.75, 3.05) is 0 Å². The Morgan fingerprint density at radius 2 is 1.87 bits per heavy atom. The smallest absolute Gasteiger partial charge is 0.184 e. The van der Waals surface area contributed by atoms with Crippen LogP contribution in [0.1, 0.15) is 64.7 Å². The van der Waals surface area contributed by atoms with Gasteiger partial charge >= 0.3 is 0 Å². The minimum Gasteiger partial charge on any atom is -0.414 e. The van der Waals surface area contributed by atoms with Crippen molar-refractivity contribution in [2.24, 2.45) is 29.1 Å². The van der Waals surface area contributed by atoms with E-state index in [1.807, 2.05) is 5.57 Å². The van der Waals surface area contributed by atoms with Crippen molar-refractivity contribution in [3.63, 3.8) is 0 Å². The standard InChI is InChI=1S/C21H36OSi/c1-21-12-7-10-18(21)20-17(11-13-21)16-9-6-5-8-15(16)14-19(20)22-23(2,3)4/h11,15-16,18-20H,5-10,12-14H2,1-4H3/t15?,16-,18-,19+,20+,21-/m0/s1. The molecule has 4 rings (SSSR count). The number of hydrogen-bond acceptors (Lipinski definition) is 1. The van der Waals surface area contributed by atoms with Crippen LogP contribution in [0.5, 0.6) is 0 Å². The summed E-state index contributed by atoms with van der Waals surface area (Å²) in [5.41, 5.74) is 2.45. The highest BCUT2D eigenvalue weighted by Gasteiger charge is 2.53. The SMILES string of the molecule is C[C@]12CC=C3[C@@H]([C@H](O[Si](C)(C)C)CC4CCCC[C@H]34)[C@@H]1CCC2. The van der Waals surface area contributed by atoms with Crippen LogP contribution in [0.25, 0.3) is 0 Å². The number of allylic oxidation sites excluding steroid dienone is 1. The Morgan fingerprint density at radius 3 is 2.65 bits per heavy atom. The Kier molecular flexibility index (Phi) is 4.08. The van der Waals surface area contributed by atoms with E-state index in [0.29, 0.717) is 11.5 Å². The van der Waals surface area contributed by atoms with Crippen LogP contribution in [0.4, 0.5) is 0 Å². The summed E-state index contributed by atoms with van der Waals surface area (Å²) in [5.74, 6) is 3.52. The Balaban J connectivity index is 1.69. The summed E-state index contributed by atoms with van der Waals surface area (Å²) in [6.45, 7) is 9.75. The van der Waals surface area contributed by atoms with Crippen LogP contribution in [0, 0.1) is 29.1 Å². The van der Waals surface area contributed by atoms with Gasteiger partial charge in [-0.2, -0.15) is 0 Å². The second kappa shape index (κ2) is 5.73. The molecule has 0 aromatic heterocycles. The van der Waals surface area contributed by atoms with E-state index in [4.69, 9.17) is 4.43 Å². The summed E-state index contributed by atoms with van der Waals surface area (Å²) >= 11 is 0. The van der Waals surface area contributed by atoms with E-state index in [-0.39, 0.29) is 0 Å². The normalized spacial score (nSPS) is 46.6. The second-order valence-electron chi connectivity index (χ2n) is 10.2. The quantitative estimate of drug-likeness (QED) is 0.434. The Morgan fingerprint density at radius 1 is 1.09 bits per heavy atom. The maximum Gasteiger partial charge on any atom is 0.184 e. The zero-order chi connectivity index (χ0) is 16.2. The highest BCUT2D eigenvalue weighted by molar-refractivity contribution is 6.69. The van der Waals surface area contributed by atoms with Gasteiger partial charge in [-0.05, 0) is 81.3 Å². The zero-order valence-corrected chi connectivity index (χ0v) is 16.7. The molecule has 23 heavy (non-hydrogen) atoms. The predicted octanol–water partition coefficient (Wildman–Crippen LogP) is 6.17. The lowest BCUT2D eigenvalue weighted by molar-refractivity contribution is -0.00617. The molecule has 0 aromatic carbocycles. The van der Waals surface area contributed by atoms with Crippen molar-refractivity contribution in [2.45, 2.75) is 90.5 Å². The highest BCUT2D eigenvalue weighted by Crippen LogP contribution is 2.60. The van der Waals surface area contributed by atoms with Gasteiger partial charge in [-0.25, -0.2) is 0 Å². The average Bonchev–Trinajstić information content (AvgIpc) is 2.87. The summed E-state index contributed by atoms with van der Waals surface area (Å²) in [6.07, 6.45) is 16.2. The lowest BCUT2D eigenvalue weighted by Gasteiger charge is -2.54. The molecule has 1 nitrogen and oxygen atoms in total. The van der Waals surface area contributed by atoms with Crippen LogP contribution in [0.15, 0.2) is 11.6 Å². The molecule has 0 bridgehead atoms. The van der Waals surface area contributed by atoms with E-state index in [2.05, 4.69) is 32.6 Å². The second-order valence-corrected chi connectivity index (χ2v) is 14.7. The molecule has 3 saturated carbocycles. The monoisotopic (exact) mass is 332 g/mol. The first-order chi connectivity index (χ1) is 10.9. The number of fused-ring (bicyclic) bond motifs is 5. The van der Waals surface area contributed by atoms with Crippen molar-refractivity contribution >= 4 is 8.32 Å². The molecular weight excluding hydrogens is 296 g/mol. The molecule has 3 fully saturated rings. The van der Waals surface area contributed by atoms with Gasteiger partial charge in [0.05, 0.1) is 6.10 Å². The first kappa shape index (κ1) is 16.4. The third-order valence-electron chi connectivity index (χ3n) is 7.56. The summed E-state index contributed by atoms with van der Waals surface area (Å²) in [4.78, 5) is 0. The molecule has 4 aliphatic carbocycles. The first-order valence-corrected chi connectivity index (χ1v) is 13.7. The molecule has 6 atom stereocenters. The van der Waals surface area contributed by atoms with Gasteiger partial charge in [0, 0.05) is 5.92 Å². The molecule has 0 saturated heterocycles. The van der Waals surface area contributed by atoms with Gasteiger partial charge in [-0.3, -0.25) is 0 Å². The fourth-order valence-electron chi connectivity index (χ4n) is 6.67. The highest BCUT2D eigenvalue weighted by atomic mass is 28.4. The van der Waals surface area contributed by atoms with E-state index in [9.17, 15) is 0 Å². The average molecular weight is 333 g/mol. The van der Waals surface area contributed by atoms with Gasteiger partial charge in [0.15, 0.2) is 8.32 Å². The molecule has 0 aliphatic heterocycles. The van der Waals surface area contributed by atoms with Crippen LogP contribution in [0.2, 0.25) is 19.6 Å². The van der Waals surface area contributed by atoms with E-state index in [0.717, 1.165) is 23.7 Å². The van der Waals surface area contributed by atoms with Gasteiger partial charge in [-0.15, -0.1) is 0 Å². The third kappa shape index (κ3) is 2.88. The van der Waals surface area contributed by atoms with Crippen molar-refractivity contribution in [3.8, 4) is 0 Å². The van der Waals surface area contributed by atoms with Crippen LogP contribution < -0.4 is 0 Å². The van der Waals surface area contributed by atoms with Gasteiger partial charge < -0.3 is 4.43 Å².